The van der Waals surface area contributed by atoms with Gasteiger partial charge in [-0.25, -0.2) is 0 Å². The topological polar surface area (TPSA) is 97.8 Å². The Kier molecular flexibility index (Phi) is 12.7. The highest BCUT2D eigenvalue weighted by Crippen LogP contribution is 2.30. The van der Waals surface area contributed by atoms with E-state index in [0.29, 0.717) is 57.4 Å². The molecule has 3 aromatic carbocycles. The van der Waals surface area contributed by atoms with Crippen molar-refractivity contribution in [1.82, 2.24) is 0 Å². The van der Waals surface area contributed by atoms with Gasteiger partial charge in [-0.1, -0.05) is 30.3 Å². The minimum Gasteiger partial charge on any atom is -0.506 e. The second kappa shape index (κ2) is 17.1. The summed E-state index contributed by atoms with van der Waals surface area (Å²) < 4.78 is 22.4. The average Bonchev–Trinajstić information content (AvgIpc) is 3.05. The third kappa shape index (κ3) is 9.58. The molecule has 0 spiro atoms. The van der Waals surface area contributed by atoms with Gasteiger partial charge in [0.2, 0.25) is 0 Å². The van der Waals surface area contributed by atoms with Gasteiger partial charge in [0.25, 0.3) is 0 Å². The van der Waals surface area contributed by atoms with Crippen LogP contribution in [-0.2, 0) is 20.8 Å². The molecule has 0 bridgehead atoms. The van der Waals surface area contributed by atoms with Crippen LogP contribution in [0.25, 0.3) is 0 Å². The molecule has 9 nitrogen and oxygen atoms in total. The van der Waals surface area contributed by atoms with Crippen molar-refractivity contribution in [3.8, 4) is 11.5 Å². The van der Waals surface area contributed by atoms with Gasteiger partial charge in [0, 0.05) is 43.9 Å². The van der Waals surface area contributed by atoms with E-state index in [-0.39, 0.29) is 5.75 Å². The molecule has 0 atom stereocenters. The van der Waals surface area contributed by atoms with E-state index in [1.54, 1.807) is 12.1 Å². The Bertz CT molecular complexity index is 1240. The number of nitrogens with zero attached hydrogens (tertiary/aromatic N) is 2. The summed E-state index contributed by atoms with van der Waals surface area (Å²) in [7, 11) is 0. The largest absolute Gasteiger partial charge is 0.506 e. The normalized spacial score (nSPS) is 15.0. The van der Waals surface area contributed by atoms with E-state index in [1.165, 1.54) is 11.6 Å². The van der Waals surface area contributed by atoms with Gasteiger partial charge in [-0.3, -0.25) is 9.59 Å². The SMILES string of the molecule is O=Cc1ccc(N2CCOCC2)c(O)c1.O=Cc1ccc(N2CCOCC2)c(OCCCCOCc2ccccc2)c1. The highest BCUT2D eigenvalue weighted by Gasteiger charge is 2.17. The van der Waals surface area contributed by atoms with E-state index < -0.39 is 0 Å². The molecule has 0 radical (unpaired) electrons. The third-order valence-electron chi connectivity index (χ3n) is 7.01. The van der Waals surface area contributed by atoms with Gasteiger partial charge < -0.3 is 33.9 Å². The summed E-state index contributed by atoms with van der Waals surface area (Å²) in [6, 6.07) is 20.8. The molecule has 224 valence electrons. The maximum Gasteiger partial charge on any atom is 0.150 e. The Morgan fingerprint density at radius 1 is 0.714 bits per heavy atom. The number of anilines is 2. The van der Waals surface area contributed by atoms with E-state index in [0.717, 1.165) is 68.7 Å². The Labute approximate surface area is 247 Å². The number of hydrogen-bond donors (Lipinski definition) is 1. The average molecular weight is 577 g/mol. The second-order valence-corrected chi connectivity index (χ2v) is 10.0. The number of phenolic OH excluding ortho intramolecular Hbond substituents is 1. The smallest absolute Gasteiger partial charge is 0.150 e. The Hall–Kier alpha value is -3.92. The van der Waals surface area contributed by atoms with Gasteiger partial charge in [0.1, 0.15) is 24.1 Å². The number of ether oxygens (including phenoxy) is 4. The predicted octanol–water partition coefficient (Wildman–Crippen LogP) is 4.75. The molecule has 2 aliphatic rings. The number of aldehydes is 2. The zero-order valence-corrected chi connectivity index (χ0v) is 24.0. The molecule has 3 aromatic rings. The molecule has 0 saturated carbocycles. The summed E-state index contributed by atoms with van der Waals surface area (Å²) in [5.74, 6) is 0.924. The van der Waals surface area contributed by atoms with Crippen LogP contribution >= 0.6 is 0 Å². The molecule has 2 saturated heterocycles. The van der Waals surface area contributed by atoms with Crippen LogP contribution in [0.15, 0.2) is 66.7 Å². The fourth-order valence-corrected chi connectivity index (χ4v) is 4.72. The molecule has 2 fully saturated rings. The first-order valence-electron chi connectivity index (χ1n) is 14.4. The van der Waals surface area contributed by atoms with Gasteiger partial charge in [-0.15, -0.1) is 0 Å². The molecule has 0 amide bonds. The monoisotopic (exact) mass is 576 g/mol. The van der Waals surface area contributed by atoms with Crippen molar-refractivity contribution in [3.05, 3.63) is 83.4 Å². The zero-order valence-electron chi connectivity index (χ0n) is 24.0. The third-order valence-corrected chi connectivity index (χ3v) is 7.01. The van der Waals surface area contributed by atoms with Crippen LogP contribution in [-0.4, -0.2) is 83.5 Å². The van der Waals surface area contributed by atoms with Gasteiger partial charge in [0.05, 0.1) is 51.0 Å². The van der Waals surface area contributed by atoms with Crippen molar-refractivity contribution < 1.29 is 33.6 Å². The number of carbonyl (C=O) groups excluding carboxylic acids is 2. The zero-order chi connectivity index (χ0) is 29.4. The lowest BCUT2D eigenvalue weighted by molar-refractivity contribution is 0.111. The van der Waals surface area contributed by atoms with Crippen molar-refractivity contribution in [3.63, 3.8) is 0 Å². The molecular weight excluding hydrogens is 536 g/mol. The molecule has 0 aromatic heterocycles. The van der Waals surface area contributed by atoms with Crippen LogP contribution in [0.3, 0.4) is 0 Å². The van der Waals surface area contributed by atoms with Crippen molar-refractivity contribution in [2.75, 3.05) is 75.6 Å². The first-order chi connectivity index (χ1) is 20.7. The first-order valence-corrected chi connectivity index (χ1v) is 14.4. The number of hydrogen-bond acceptors (Lipinski definition) is 9. The summed E-state index contributed by atoms with van der Waals surface area (Å²) in [6.07, 6.45) is 3.42. The Balaban J connectivity index is 0.000000227. The standard InChI is InChI=1S/C22H27NO4.C11H13NO3/c24-17-20-8-9-21(23-10-14-25-15-11-23)22(16-20)27-13-5-4-12-26-18-19-6-2-1-3-7-19;13-8-9-1-2-10(11(14)7-9)12-3-5-15-6-4-12/h1-3,6-9,16-17H,4-5,10-15,18H2;1-2,7-8,14H,3-6H2. The molecule has 9 heteroatoms. The lowest BCUT2D eigenvalue weighted by atomic mass is 10.2. The van der Waals surface area contributed by atoms with Crippen LogP contribution in [0.1, 0.15) is 39.1 Å². The Morgan fingerprint density at radius 3 is 1.90 bits per heavy atom. The molecule has 1 N–H and O–H groups in total. The first kappa shape index (κ1) is 31.0. The highest BCUT2D eigenvalue weighted by atomic mass is 16.5. The van der Waals surface area contributed by atoms with Crippen molar-refractivity contribution in [2.45, 2.75) is 19.4 Å². The molecule has 5 rings (SSSR count). The minimum atomic E-state index is 0.154. The summed E-state index contributed by atoms with van der Waals surface area (Å²) >= 11 is 0. The predicted molar refractivity (Wildman–Crippen MR) is 162 cm³/mol. The number of phenols is 1. The van der Waals surface area contributed by atoms with Crippen molar-refractivity contribution in [2.24, 2.45) is 0 Å². The molecule has 42 heavy (non-hydrogen) atoms. The lowest BCUT2D eigenvalue weighted by Crippen LogP contribution is -2.36. The minimum absolute atomic E-state index is 0.154. The van der Waals surface area contributed by atoms with Crippen LogP contribution in [0.4, 0.5) is 11.4 Å². The molecule has 2 heterocycles. The van der Waals surface area contributed by atoms with Crippen molar-refractivity contribution >= 4 is 23.9 Å². The highest BCUT2D eigenvalue weighted by molar-refractivity contribution is 5.79. The fraction of sp³-hybridized carbons (Fsp3) is 0.394. The molecule has 0 aliphatic carbocycles. The van der Waals surface area contributed by atoms with Crippen LogP contribution in [0.2, 0.25) is 0 Å². The maximum absolute atomic E-state index is 11.1. The van der Waals surface area contributed by atoms with Gasteiger partial charge in [-0.05, 0) is 54.8 Å². The van der Waals surface area contributed by atoms with Gasteiger partial charge in [-0.2, -0.15) is 0 Å². The lowest BCUT2D eigenvalue weighted by Gasteiger charge is -2.30. The van der Waals surface area contributed by atoms with Crippen LogP contribution < -0.4 is 14.5 Å². The number of carbonyl (C=O) groups is 2. The molecule has 2 aliphatic heterocycles. The van der Waals surface area contributed by atoms with E-state index in [1.807, 2.05) is 41.3 Å². The second-order valence-electron chi connectivity index (χ2n) is 10.0. The summed E-state index contributed by atoms with van der Waals surface area (Å²) in [5.41, 5.74) is 4.11. The van der Waals surface area contributed by atoms with Crippen LogP contribution in [0.5, 0.6) is 11.5 Å². The summed E-state index contributed by atoms with van der Waals surface area (Å²) in [5, 5.41) is 9.73. The van der Waals surface area contributed by atoms with E-state index in [4.69, 9.17) is 18.9 Å². The van der Waals surface area contributed by atoms with Gasteiger partial charge >= 0.3 is 0 Å². The van der Waals surface area contributed by atoms with E-state index >= 15 is 0 Å². The number of aromatic hydroxyl groups is 1. The van der Waals surface area contributed by atoms with Gasteiger partial charge in [0.15, 0.2) is 0 Å². The summed E-state index contributed by atoms with van der Waals surface area (Å²) in [6.45, 7) is 7.96. The number of benzene rings is 3. The molecular formula is C33H40N2O7. The van der Waals surface area contributed by atoms with Crippen LogP contribution in [0, 0.1) is 0 Å². The summed E-state index contributed by atoms with van der Waals surface area (Å²) in [4.78, 5) is 25.9. The Morgan fingerprint density at radius 2 is 1.29 bits per heavy atom. The number of morpholine rings is 2. The van der Waals surface area contributed by atoms with Crippen molar-refractivity contribution in [1.29, 1.82) is 0 Å². The van der Waals surface area contributed by atoms with E-state index in [9.17, 15) is 14.7 Å². The quantitative estimate of drug-likeness (QED) is 0.242. The fourth-order valence-electron chi connectivity index (χ4n) is 4.72. The number of unbranched alkanes of at least 4 members (excludes halogenated alkanes) is 1. The number of rotatable bonds is 12. The van der Waals surface area contributed by atoms with E-state index in [2.05, 4.69) is 17.0 Å². The molecule has 0 unspecified atom stereocenters. The maximum atomic E-state index is 11.1.